The number of hydrogen-bond donors (Lipinski definition) is 1. The number of nitrogens with one attached hydrogen (secondary N) is 1. The number of amides is 1. The molecule has 0 unspecified atom stereocenters. The number of pyridine rings is 1. The molecule has 0 spiro atoms. The molecule has 5 nitrogen and oxygen atoms in total. The topological polar surface area (TPSA) is 77.0 Å². The minimum Gasteiger partial charge on any atom is -0.341 e. The van der Waals surface area contributed by atoms with E-state index in [1.165, 1.54) is 30.1 Å². The van der Waals surface area contributed by atoms with Gasteiger partial charge in [-0.1, -0.05) is 18.2 Å². The van der Waals surface area contributed by atoms with Crippen LogP contribution in [0, 0.1) is 25.2 Å². The Kier molecular flexibility index (Phi) is 6.29. The van der Waals surface area contributed by atoms with Gasteiger partial charge in [-0.25, -0.2) is 0 Å². The van der Waals surface area contributed by atoms with Gasteiger partial charge in [-0.2, -0.15) is 18.4 Å². The fourth-order valence-electron chi connectivity index (χ4n) is 3.12. The minimum absolute atomic E-state index is 0.000470. The Labute approximate surface area is 160 Å². The SMILES string of the molecule is Cc1[nH]c(=O)c(C#N)c(C)c1CCC(=O)N(C)Cc1ccccc1C(F)(F)F. The summed E-state index contributed by atoms with van der Waals surface area (Å²) in [5, 5.41) is 9.10. The van der Waals surface area contributed by atoms with Crippen molar-refractivity contribution < 1.29 is 18.0 Å². The summed E-state index contributed by atoms with van der Waals surface area (Å²) in [5.41, 5.74) is 0.554. The lowest BCUT2D eigenvalue weighted by atomic mass is 9.99. The molecular weight excluding hydrogens is 371 g/mol. The maximum absolute atomic E-state index is 13.1. The molecule has 148 valence electrons. The van der Waals surface area contributed by atoms with Crippen LogP contribution in [0.5, 0.6) is 0 Å². The van der Waals surface area contributed by atoms with Gasteiger partial charge in [-0.05, 0) is 43.0 Å². The lowest BCUT2D eigenvalue weighted by Crippen LogP contribution is -2.28. The molecule has 0 saturated heterocycles. The van der Waals surface area contributed by atoms with Gasteiger partial charge in [-0.15, -0.1) is 0 Å². The number of benzene rings is 1. The number of nitrogens with zero attached hydrogens (tertiary/aromatic N) is 2. The Hall–Kier alpha value is -3.08. The molecule has 0 bridgehead atoms. The van der Waals surface area contributed by atoms with Crippen LogP contribution in [0.15, 0.2) is 29.1 Å². The Morgan fingerprint density at radius 2 is 1.89 bits per heavy atom. The van der Waals surface area contributed by atoms with Crippen molar-refractivity contribution in [3.8, 4) is 6.07 Å². The van der Waals surface area contributed by atoms with Crippen molar-refractivity contribution in [3.05, 3.63) is 68.1 Å². The molecule has 0 saturated carbocycles. The highest BCUT2D eigenvalue weighted by molar-refractivity contribution is 5.76. The maximum atomic E-state index is 13.1. The monoisotopic (exact) mass is 391 g/mol. The fourth-order valence-corrected chi connectivity index (χ4v) is 3.12. The van der Waals surface area contributed by atoms with E-state index in [1.54, 1.807) is 13.8 Å². The second kappa shape index (κ2) is 8.30. The molecule has 2 aromatic rings. The van der Waals surface area contributed by atoms with Gasteiger partial charge in [0.2, 0.25) is 5.91 Å². The predicted octanol–water partition coefficient (Wildman–Crippen LogP) is 3.47. The Morgan fingerprint density at radius 1 is 1.25 bits per heavy atom. The number of aromatic amines is 1. The summed E-state index contributed by atoms with van der Waals surface area (Å²) < 4.78 is 39.3. The van der Waals surface area contributed by atoms with E-state index in [4.69, 9.17) is 5.26 Å². The number of rotatable bonds is 5. The summed E-state index contributed by atoms with van der Waals surface area (Å²) in [6, 6.07) is 7.00. The number of carbonyl (C=O) groups is 1. The zero-order valence-corrected chi connectivity index (χ0v) is 15.8. The average molecular weight is 391 g/mol. The summed E-state index contributed by atoms with van der Waals surface area (Å²) in [6.45, 7) is 3.16. The van der Waals surface area contributed by atoms with Crippen molar-refractivity contribution in [1.82, 2.24) is 9.88 Å². The van der Waals surface area contributed by atoms with Crippen molar-refractivity contribution in [2.75, 3.05) is 7.05 Å². The van der Waals surface area contributed by atoms with Gasteiger partial charge in [0, 0.05) is 25.7 Å². The van der Waals surface area contributed by atoms with Crippen molar-refractivity contribution in [1.29, 1.82) is 5.26 Å². The second-order valence-electron chi connectivity index (χ2n) is 6.57. The smallest absolute Gasteiger partial charge is 0.341 e. The average Bonchev–Trinajstić information content (AvgIpc) is 2.60. The minimum atomic E-state index is -4.49. The lowest BCUT2D eigenvalue weighted by molar-refractivity contribution is -0.139. The van der Waals surface area contributed by atoms with Crippen molar-refractivity contribution in [3.63, 3.8) is 0 Å². The van der Waals surface area contributed by atoms with E-state index in [-0.39, 0.29) is 36.4 Å². The molecular formula is C20H20F3N3O2. The molecule has 8 heteroatoms. The number of hydrogen-bond acceptors (Lipinski definition) is 3. The first-order valence-electron chi connectivity index (χ1n) is 8.57. The van der Waals surface area contributed by atoms with Gasteiger partial charge < -0.3 is 9.88 Å². The number of nitriles is 1. The lowest BCUT2D eigenvalue weighted by Gasteiger charge is -2.20. The number of H-pyrrole nitrogens is 1. The molecule has 2 rings (SSSR count). The first-order chi connectivity index (χ1) is 13.1. The second-order valence-corrected chi connectivity index (χ2v) is 6.57. The normalized spacial score (nSPS) is 11.2. The predicted molar refractivity (Wildman–Crippen MR) is 97.5 cm³/mol. The molecule has 0 radical (unpaired) electrons. The molecule has 0 atom stereocenters. The van der Waals surface area contributed by atoms with E-state index in [0.717, 1.165) is 6.07 Å². The van der Waals surface area contributed by atoms with Gasteiger partial charge in [0.25, 0.3) is 5.56 Å². The molecule has 1 aromatic carbocycles. The highest BCUT2D eigenvalue weighted by Gasteiger charge is 2.33. The van der Waals surface area contributed by atoms with Crippen molar-refractivity contribution >= 4 is 5.91 Å². The zero-order chi connectivity index (χ0) is 21.1. The quantitative estimate of drug-likeness (QED) is 0.848. The van der Waals surface area contributed by atoms with Crippen LogP contribution in [0.3, 0.4) is 0 Å². The van der Waals surface area contributed by atoms with Crippen LogP contribution in [0.1, 0.15) is 39.9 Å². The van der Waals surface area contributed by atoms with E-state index < -0.39 is 17.3 Å². The van der Waals surface area contributed by atoms with Crippen LogP contribution in [0.25, 0.3) is 0 Å². The van der Waals surface area contributed by atoms with Crippen LogP contribution in [0.2, 0.25) is 0 Å². The summed E-state index contributed by atoms with van der Waals surface area (Å²) in [7, 11) is 1.45. The Bertz CT molecular complexity index is 988. The first kappa shape index (κ1) is 21.2. The summed E-state index contributed by atoms with van der Waals surface area (Å²) in [5.74, 6) is -0.333. The largest absolute Gasteiger partial charge is 0.416 e. The van der Waals surface area contributed by atoms with Crippen LogP contribution >= 0.6 is 0 Å². The third-order valence-electron chi connectivity index (χ3n) is 4.67. The molecule has 1 heterocycles. The molecule has 0 aliphatic carbocycles. The number of halogens is 3. The third-order valence-corrected chi connectivity index (χ3v) is 4.67. The molecule has 28 heavy (non-hydrogen) atoms. The van der Waals surface area contributed by atoms with Gasteiger partial charge >= 0.3 is 6.18 Å². The van der Waals surface area contributed by atoms with E-state index >= 15 is 0 Å². The maximum Gasteiger partial charge on any atom is 0.416 e. The van der Waals surface area contributed by atoms with Gasteiger partial charge in [0.1, 0.15) is 11.6 Å². The van der Waals surface area contributed by atoms with E-state index in [1.807, 2.05) is 6.07 Å². The zero-order valence-electron chi connectivity index (χ0n) is 15.8. The third kappa shape index (κ3) is 4.60. The van der Waals surface area contributed by atoms with Crippen molar-refractivity contribution in [2.45, 2.75) is 39.4 Å². The number of alkyl halides is 3. The van der Waals surface area contributed by atoms with E-state index in [0.29, 0.717) is 16.8 Å². The van der Waals surface area contributed by atoms with Gasteiger partial charge in [-0.3, -0.25) is 9.59 Å². The van der Waals surface area contributed by atoms with Crippen LogP contribution in [-0.4, -0.2) is 22.8 Å². The van der Waals surface area contributed by atoms with E-state index in [9.17, 15) is 22.8 Å². The van der Waals surface area contributed by atoms with Crippen LogP contribution in [-0.2, 0) is 23.9 Å². The molecule has 1 N–H and O–H groups in total. The highest BCUT2D eigenvalue weighted by Crippen LogP contribution is 2.32. The molecule has 0 fully saturated rings. The molecule has 0 aliphatic rings. The Balaban J connectivity index is 2.14. The fraction of sp³-hybridized carbons (Fsp3) is 0.350. The molecule has 1 amide bonds. The number of aryl methyl sites for hydroxylation is 1. The van der Waals surface area contributed by atoms with Gasteiger partial charge in [0.05, 0.1) is 5.56 Å². The summed E-state index contributed by atoms with van der Waals surface area (Å²) in [6.07, 6.45) is -4.17. The highest BCUT2D eigenvalue weighted by atomic mass is 19.4. The van der Waals surface area contributed by atoms with E-state index in [2.05, 4.69) is 4.98 Å². The van der Waals surface area contributed by atoms with Gasteiger partial charge in [0.15, 0.2) is 0 Å². The molecule has 1 aromatic heterocycles. The Morgan fingerprint density at radius 3 is 2.50 bits per heavy atom. The molecule has 0 aliphatic heterocycles. The summed E-state index contributed by atoms with van der Waals surface area (Å²) >= 11 is 0. The summed E-state index contributed by atoms with van der Waals surface area (Å²) in [4.78, 5) is 28.0. The first-order valence-corrected chi connectivity index (χ1v) is 8.57. The van der Waals surface area contributed by atoms with Crippen LogP contribution < -0.4 is 5.56 Å². The van der Waals surface area contributed by atoms with Crippen LogP contribution in [0.4, 0.5) is 13.2 Å². The standard InChI is InChI=1S/C20H20F3N3O2/c1-12-15(13(2)25-19(28)16(12)10-24)8-9-18(27)26(3)11-14-6-4-5-7-17(14)20(21,22)23/h4-7H,8-9,11H2,1-3H3,(H,25,28). The number of carbonyl (C=O) groups excluding carboxylic acids is 1. The number of aromatic nitrogens is 1. The van der Waals surface area contributed by atoms with Crippen molar-refractivity contribution in [2.24, 2.45) is 0 Å².